The van der Waals surface area contributed by atoms with Gasteiger partial charge in [-0.3, -0.25) is 9.59 Å². The van der Waals surface area contributed by atoms with Gasteiger partial charge in [0, 0.05) is 37.5 Å². The molecule has 47 heavy (non-hydrogen) atoms. The SMILES string of the molecule is CCc1cccc(-c2c(F)cccc2C(O)(CCCNC(=O)OC)C2CCCN(C(=O)CCC(N)C(=O)OCc3ccccc3)C2)c1. The standard InChI is InChI=1S/C37H46FN3O6/c1-3-26-13-7-14-28(23-26)34-30(16-8-17-31(34)38)37(45,20-10-21-40-36(44)46-2)29-15-9-22-41(24-29)33(42)19-18-32(39)35(43)47-25-27-11-5-4-6-12-27/h4-8,11-14,16-17,23,29,32,45H,3,9-10,15,18-22,24-25,39H2,1-2H3,(H,40,44). The number of likely N-dealkylation sites (tertiary alicyclic amines) is 1. The number of hydrogen-bond donors (Lipinski definition) is 3. The van der Waals surface area contributed by atoms with E-state index in [0.717, 1.165) is 17.5 Å². The summed E-state index contributed by atoms with van der Waals surface area (Å²) in [7, 11) is 1.28. The van der Waals surface area contributed by atoms with Crippen LogP contribution in [0.5, 0.6) is 0 Å². The third kappa shape index (κ3) is 9.39. The van der Waals surface area contributed by atoms with Crippen molar-refractivity contribution in [2.45, 2.75) is 70.1 Å². The lowest BCUT2D eigenvalue weighted by Crippen LogP contribution is -2.49. The molecule has 0 bridgehead atoms. The lowest BCUT2D eigenvalue weighted by atomic mass is 9.72. The molecule has 0 aromatic heterocycles. The lowest BCUT2D eigenvalue weighted by molar-refractivity contribution is -0.147. The van der Waals surface area contributed by atoms with Gasteiger partial charge in [0.15, 0.2) is 0 Å². The molecule has 9 nitrogen and oxygen atoms in total. The number of hydrogen-bond acceptors (Lipinski definition) is 7. The van der Waals surface area contributed by atoms with Gasteiger partial charge < -0.3 is 30.5 Å². The lowest BCUT2D eigenvalue weighted by Gasteiger charge is -2.44. The van der Waals surface area contributed by atoms with Gasteiger partial charge in [0.1, 0.15) is 18.5 Å². The minimum absolute atomic E-state index is 0.0465. The number of carbonyl (C=O) groups is 3. The number of halogens is 1. The Kier molecular flexibility index (Phi) is 12.9. The van der Waals surface area contributed by atoms with Gasteiger partial charge in [-0.15, -0.1) is 0 Å². The highest BCUT2D eigenvalue weighted by molar-refractivity contribution is 5.79. The highest BCUT2D eigenvalue weighted by Gasteiger charge is 2.43. The topological polar surface area (TPSA) is 131 Å². The summed E-state index contributed by atoms with van der Waals surface area (Å²) in [6.45, 7) is 3.13. The molecule has 4 rings (SSSR count). The average molecular weight is 648 g/mol. The number of rotatable bonds is 14. The molecule has 1 saturated heterocycles. The van der Waals surface area contributed by atoms with Gasteiger partial charge in [0.05, 0.1) is 12.7 Å². The number of aliphatic hydroxyl groups is 1. The zero-order valence-corrected chi connectivity index (χ0v) is 27.3. The third-order valence-electron chi connectivity index (χ3n) is 8.94. The molecule has 1 aliphatic rings. The molecule has 3 atom stereocenters. The van der Waals surface area contributed by atoms with E-state index in [1.807, 2.05) is 61.5 Å². The first-order valence-electron chi connectivity index (χ1n) is 16.3. The van der Waals surface area contributed by atoms with Gasteiger partial charge in [0.2, 0.25) is 5.91 Å². The summed E-state index contributed by atoms with van der Waals surface area (Å²) >= 11 is 0. The Bertz CT molecular complexity index is 1500. The second kappa shape index (κ2) is 17.0. The van der Waals surface area contributed by atoms with Crippen LogP contribution in [0.4, 0.5) is 9.18 Å². The number of aryl methyl sites for hydroxylation is 1. The number of alkyl carbamates (subject to hydrolysis) is 1. The predicted octanol–water partition coefficient (Wildman–Crippen LogP) is 5.47. The summed E-state index contributed by atoms with van der Waals surface area (Å²) in [5.74, 6) is -1.61. The van der Waals surface area contributed by atoms with Crippen LogP contribution in [-0.4, -0.2) is 60.8 Å². The summed E-state index contributed by atoms with van der Waals surface area (Å²) in [5, 5.41) is 15.3. The van der Waals surface area contributed by atoms with Gasteiger partial charge in [-0.2, -0.15) is 0 Å². The van der Waals surface area contributed by atoms with Crippen molar-refractivity contribution in [1.29, 1.82) is 0 Å². The van der Waals surface area contributed by atoms with Crippen molar-refractivity contribution in [3.8, 4) is 11.1 Å². The van der Waals surface area contributed by atoms with Crippen molar-refractivity contribution in [3.05, 3.63) is 95.3 Å². The van der Waals surface area contributed by atoms with Crippen LogP contribution in [0.1, 0.15) is 62.1 Å². The summed E-state index contributed by atoms with van der Waals surface area (Å²) in [5.41, 5.74) is 7.89. The van der Waals surface area contributed by atoms with E-state index in [-0.39, 0.29) is 44.9 Å². The van der Waals surface area contributed by atoms with Gasteiger partial charge in [-0.05, 0) is 66.8 Å². The van der Waals surface area contributed by atoms with E-state index in [4.69, 9.17) is 10.5 Å². The van der Waals surface area contributed by atoms with Crippen molar-refractivity contribution in [2.24, 2.45) is 11.7 Å². The maximum absolute atomic E-state index is 15.7. The Hall–Kier alpha value is -4.28. The molecular weight excluding hydrogens is 601 g/mol. The second-order valence-corrected chi connectivity index (χ2v) is 12.1. The van der Waals surface area contributed by atoms with Crippen molar-refractivity contribution in [3.63, 3.8) is 0 Å². The largest absolute Gasteiger partial charge is 0.460 e. The number of amides is 2. The Morgan fingerprint density at radius 2 is 1.83 bits per heavy atom. The highest BCUT2D eigenvalue weighted by Crippen LogP contribution is 2.44. The molecule has 3 aromatic carbocycles. The Balaban J connectivity index is 1.51. The summed E-state index contributed by atoms with van der Waals surface area (Å²) in [6, 6.07) is 20.7. The minimum Gasteiger partial charge on any atom is -0.460 e. The number of nitrogens with zero attached hydrogens (tertiary/aromatic N) is 1. The maximum Gasteiger partial charge on any atom is 0.406 e. The fourth-order valence-electron chi connectivity index (χ4n) is 6.29. The summed E-state index contributed by atoms with van der Waals surface area (Å²) < 4.78 is 25.7. The number of esters is 1. The molecule has 0 spiro atoms. The number of methoxy groups -OCH3 is 1. The molecule has 0 saturated carbocycles. The molecule has 1 heterocycles. The predicted molar refractivity (Wildman–Crippen MR) is 178 cm³/mol. The van der Waals surface area contributed by atoms with Crippen LogP contribution in [0.15, 0.2) is 72.8 Å². The quantitative estimate of drug-likeness (QED) is 0.156. The number of nitrogens with two attached hydrogens (primary N) is 1. The second-order valence-electron chi connectivity index (χ2n) is 12.1. The molecule has 0 aliphatic carbocycles. The zero-order valence-electron chi connectivity index (χ0n) is 27.3. The Morgan fingerprint density at radius 3 is 2.57 bits per heavy atom. The van der Waals surface area contributed by atoms with Gasteiger partial charge in [-0.25, -0.2) is 9.18 Å². The van der Waals surface area contributed by atoms with E-state index in [0.29, 0.717) is 42.5 Å². The normalized spacial score (nSPS) is 16.5. The Morgan fingerprint density at radius 1 is 1.09 bits per heavy atom. The van der Waals surface area contributed by atoms with Crippen molar-refractivity contribution in [1.82, 2.24) is 10.2 Å². The van der Waals surface area contributed by atoms with Crippen LogP contribution >= 0.6 is 0 Å². The average Bonchev–Trinajstić information content (AvgIpc) is 3.11. The van der Waals surface area contributed by atoms with E-state index < -0.39 is 35.4 Å². The first kappa shape index (κ1) is 35.6. The van der Waals surface area contributed by atoms with E-state index in [1.54, 1.807) is 17.0 Å². The number of piperidine rings is 1. The van der Waals surface area contributed by atoms with Gasteiger partial charge >= 0.3 is 12.1 Å². The van der Waals surface area contributed by atoms with Crippen LogP contribution in [0.2, 0.25) is 0 Å². The molecule has 3 aromatic rings. The van der Waals surface area contributed by atoms with Crippen LogP contribution in [0.3, 0.4) is 0 Å². The van der Waals surface area contributed by atoms with E-state index in [2.05, 4.69) is 10.1 Å². The van der Waals surface area contributed by atoms with Gasteiger partial charge in [-0.1, -0.05) is 73.7 Å². The molecule has 0 radical (unpaired) electrons. The Labute approximate surface area is 276 Å². The molecule has 3 unspecified atom stereocenters. The molecular formula is C37H46FN3O6. The van der Waals surface area contributed by atoms with Gasteiger partial charge in [0.25, 0.3) is 0 Å². The number of ether oxygens (including phenoxy) is 2. The van der Waals surface area contributed by atoms with Crippen molar-refractivity contribution < 1.29 is 33.4 Å². The summed E-state index contributed by atoms with van der Waals surface area (Å²) in [6.07, 6.45) is 2.22. The van der Waals surface area contributed by atoms with Crippen LogP contribution in [0, 0.1) is 11.7 Å². The van der Waals surface area contributed by atoms with E-state index in [9.17, 15) is 19.5 Å². The van der Waals surface area contributed by atoms with Crippen LogP contribution in [0.25, 0.3) is 11.1 Å². The van der Waals surface area contributed by atoms with E-state index in [1.165, 1.54) is 13.2 Å². The van der Waals surface area contributed by atoms with Crippen LogP contribution < -0.4 is 11.1 Å². The first-order chi connectivity index (χ1) is 22.7. The third-order valence-corrected chi connectivity index (χ3v) is 8.94. The monoisotopic (exact) mass is 647 g/mol. The molecule has 1 fully saturated rings. The maximum atomic E-state index is 15.7. The molecule has 1 aliphatic heterocycles. The van der Waals surface area contributed by atoms with Crippen LogP contribution in [-0.2, 0) is 37.7 Å². The smallest absolute Gasteiger partial charge is 0.406 e. The first-order valence-corrected chi connectivity index (χ1v) is 16.3. The fraction of sp³-hybridized carbons (Fsp3) is 0.432. The molecule has 10 heteroatoms. The number of nitrogens with one attached hydrogen (secondary N) is 1. The number of benzene rings is 3. The van der Waals surface area contributed by atoms with Crippen molar-refractivity contribution in [2.75, 3.05) is 26.7 Å². The fourth-order valence-corrected chi connectivity index (χ4v) is 6.29. The van der Waals surface area contributed by atoms with E-state index >= 15 is 4.39 Å². The molecule has 4 N–H and O–H groups in total. The summed E-state index contributed by atoms with van der Waals surface area (Å²) in [4.78, 5) is 39.3. The van der Waals surface area contributed by atoms with Crippen molar-refractivity contribution >= 4 is 18.0 Å². The highest BCUT2D eigenvalue weighted by atomic mass is 19.1. The zero-order chi connectivity index (χ0) is 33.8. The molecule has 252 valence electrons. The minimum atomic E-state index is -1.52. The number of carbonyl (C=O) groups excluding carboxylic acids is 3. The molecule has 2 amide bonds.